The SMILES string of the molecule is CCCOc1cc(C(F)(F)F)ccc1C1CCN(C(=O)[C@]2(F)CN(C(C)(C)C)C[C@H]2c2ccc(OC)cc2)C1. The molecule has 0 spiro atoms. The minimum atomic E-state index is -4.49. The van der Waals surface area contributed by atoms with Crippen molar-refractivity contribution in [1.82, 2.24) is 9.80 Å². The molecule has 2 aromatic rings. The summed E-state index contributed by atoms with van der Waals surface area (Å²) >= 11 is 0. The van der Waals surface area contributed by atoms with Crippen molar-refractivity contribution in [2.75, 3.05) is 39.9 Å². The molecule has 2 aliphatic heterocycles. The Morgan fingerprint density at radius 2 is 1.77 bits per heavy atom. The van der Waals surface area contributed by atoms with E-state index in [9.17, 15) is 18.0 Å². The van der Waals surface area contributed by atoms with Crippen LogP contribution in [0.3, 0.4) is 0 Å². The van der Waals surface area contributed by atoms with Crippen molar-refractivity contribution in [3.63, 3.8) is 0 Å². The van der Waals surface area contributed by atoms with E-state index in [1.165, 1.54) is 11.0 Å². The highest BCUT2D eigenvalue weighted by atomic mass is 19.4. The maximum absolute atomic E-state index is 17.0. The molecule has 0 radical (unpaired) electrons. The van der Waals surface area contributed by atoms with Gasteiger partial charge in [0.05, 0.1) is 19.3 Å². The van der Waals surface area contributed by atoms with Crippen molar-refractivity contribution >= 4 is 5.91 Å². The Labute approximate surface area is 228 Å². The molecule has 0 aliphatic carbocycles. The van der Waals surface area contributed by atoms with Crippen LogP contribution in [0.1, 0.15) is 69.1 Å². The zero-order valence-electron chi connectivity index (χ0n) is 23.3. The summed E-state index contributed by atoms with van der Waals surface area (Å²) < 4.78 is 68.0. The van der Waals surface area contributed by atoms with E-state index >= 15 is 4.39 Å². The number of carbonyl (C=O) groups is 1. The molecule has 0 aromatic heterocycles. The number of hydrogen-bond acceptors (Lipinski definition) is 4. The first kappa shape index (κ1) is 29.2. The Balaban J connectivity index is 1.60. The van der Waals surface area contributed by atoms with Crippen molar-refractivity contribution in [2.24, 2.45) is 0 Å². The number of carbonyl (C=O) groups excluding carboxylic acids is 1. The van der Waals surface area contributed by atoms with Crippen LogP contribution >= 0.6 is 0 Å². The van der Waals surface area contributed by atoms with Gasteiger partial charge in [-0.25, -0.2) is 4.39 Å². The Kier molecular flexibility index (Phi) is 8.22. The van der Waals surface area contributed by atoms with Crippen molar-refractivity contribution < 1.29 is 31.8 Å². The van der Waals surface area contributed by atoms with E-state index in [4.69, 9.17) is 9.47 Å². The largest absolute Gasteiger partial charge is 0.497 e. The Hall–Kier alpha value is -2.81. The second-order valence-electron chi connectivity index (χ2n) is 11.6. The first-order valence-electron chi connectivity index (χ1n) is 13.5. The monoisotopic (exact) mass is 550 g/mol. The molecule has 2 aromatic carbocycles. The number of amides is 1. The quantitative estimate of drug-likeness (QED) is 0.373. The van der Waals surface area contributed by atoms with Crippen LogP contribution in [0, 0.1) is 0 Å². The molecule has 3 atom stereocenters. The van der Waals surface area contributed by atoms with Gasteiger partial charge >= 0.3 is 6.18 Å². The molecule has 2 fully saturated rings. The predicted octanol–water partition coefficient (Wildman–Crippen LogP) is 6.42. The molecule has 5 nitrogen and oxygen atoms in total. The highest BCUT2D eigenvalue weighted by molar-refractivity contribution is 5.88. The number of rotatable bonds is 7. The minimum absolute atomic E-state index is 0.0294. The summed E-state index contributed by atoms with van der Waals surface area (Å²) in [6.45, 7) is 9.09. The van der Waals surface area contributed by atoms with Crippen molar-refractivity contribution in [2.45, 2.75) is 69.8 Å². The second kappa shape index (κ2) is 11.0. The van der Waals surface area contributed by atoms with E-state index in [0.717, 1.165) is 17.7 Å². The van der Waals surface area contributed by atoms with Gasteiger partial charge in [0.1, 0.15) is 11.5 Å². The summed E-state index contributed by atoms with van der Waals surface area (Å²) in [5, 5.41) is 0. The van der Waals surface area contributed by atoms with Gasteiger partial charge in [0.2, 0.25) is 5.67 Å². The summed E-state index contributed by atoms with van der Waals surface area (Å²) in [7, 11) is 1.56. The van der Waals surface area contributed by atoms with Gasteiger partial charge in [0, 0.05) is 43.6 Å². The average Bonchev–Trinajstić information content (AvgIpc) is 3.52. The molecule has 0 N–H and O–H groups in total. The predicted molar refractivity (Wildman–Crippen MR) is 142 cm³/mol. The first-order valence-corrected chi connectivity index (χ1v) is 13.5. The van der Waals surface area contributed by atoms with E-state index in [-0.39, 0.29) is 36.9 Å². The summed E-state index contributed by atoms with van der Waals surface area (Å²) in [6.07, 6.45) is -3.32. The lowest BCUT2D eigenvalue weighted by Crippen LogP contribution is -2.51. The first-order chi connectivity index (χ1) is 18.3. The van der Waals surface area contributed by atoms with Gasteiger partial charge in [-0.3, -0.25) is 9.69 Å². The van der Waals surface area contributed by atoms with Crippen molar-refractivity contribution in [3.05, 3.63) is 59.2 Å². The van der Waals surface area contributed by atoms with Gasteiger partial charge in [-0.2, -0.15) is 13.2 Å². The maximum atomic E-state index is 17.0. The molecule has 0 bridgehead atoms. The molecule has 4 rings (SSSR count). The molecule has 9 heteroatoms. The molecule has 2 heterocycles. The van der Waals surface area contributed by atoms with Crippen molar-refractivity contribution in [3.8, 4) is 11.5 Å². The highest BCUT2D eigenvalue weighted by Gasteiger charge is 2.57. The van der Waals surface area contributed by atoms with Gasteiger partial charge in [-0.1, -0.05) is 25.1 Å². The van der Waals surface area contributed by atoms with Gasteiger partial charge in [-0.05, 0) is 69.0 Å². The normalized spacial score (nSPS) is 24.3. The second-order valence-corrected chi connectivity index (χ2v) is 11.6. The fourth-order valence-corrected chi connectivity index (χ4v) is 5.60. The van der Waals surface area contributed by atoms with Crippen LogP contribution in [0.25, 0.3) is 0 Å². The molecule has 2 saturated heterocycles. The Morgan fingerprint density at radius 1 is 1.08 bits per heavy atom. The number of hydrogen-bond donors (Lipinski definition) is 0. The van der Waals surface area contributed by atoms with Crippen LogP contribution in [-0.4, -0.2) is 66.8 Å². The third kappa shape index (κ3) is 6.03. The zero-order valence-corrected chi connectivity index (χ0v) is 23.3. The molecular weight excluding hydrogens is 512 g/mol. The van der Waals surface area contributed by atoms with Crippen LogP contribution in [0.5, 0.6) is 11.5 Å². The van der Waals surface area contributed by atoms with Crippen LogP contribution < -0.4 is 9.47 Å². The standard InChI is InChI=1S/C30H38F4N2O3/c1-6-15-39-26-16-22(30(32,33)34)9-12-24(26)21-13-14-35(17-21)27(37)29(31)19-36(28(2,3)4)18-25(29)20-7-10-23(38-5)11-8-20/h7-12,16,21,25H,6,13-15,17-19H2,1-5H3/t21?,25-,29-/m0/s1. The van der Waals surface area contributed by atoms with Crippen LogP contribution in [0.15, 0.2) is 42.5 Å². The summed E-state index contributed by atoms with van der Waals surface area (Å²) in [5.41, 5.74) is -1.90. The number of alkyl halides is 4. The molecule has 0 saturated carbocycles. The molecule has 1 unspecified atom stereocenters. The van der Waals surface area contributed by atoms with Gasteiger partial charge in [-0.15, -0.1) is 0 Å². The third-order valence-electron chi connectivity index (χ3n) is 7.92. The average molecular weight is 551 g/mol. The number of likely N-dealkylation sites (tertiary alicyclic amines) is 2. The number of ether oxygens (including phenoxy) is 2. The third-order valence-corrected chi connectivity index (χ3v) is 7.92. The topological polar surface area (TPSA) is 42.0 Å². The molecule has 214 valence electrons. The molecular formula is C30H38F4N2O3. The lowest BCUT2D eigenvalue weighted by atomic mass is 9.85. The summed E-state index contributed by atoms with van der Waals surface area (Å²) in [5.74, 6) is -0.646. The highest BCUT2D eigenvalue weighted by Crippen LogP contribution is 2.45. The minimum Gasteiger partial charge on any atom is -0.497 e. The lowest BCUT2D eigenvalue weighted by molar-refractivity contribution is -0.143. The summed E-state index contributed by atoms with van der Waals surface area (Å²) in [4.78, 5) is 17.4. The molecule has 39 heavy (non-hydrogen) atoms. The number of methoxy groups -OCH3 is 1. The van der Waals surface area contributed by atoms with E-state index in [1.807, 2.05) is 44.7 Å². The van der Waals surface area contributed by atoms with Gasteiger partial charge in [0.15, 0.2) is 0 Å². The fraction of sp³-hybridized carbons (Fsp3) is 0.567. The Morgan fingerprint density at radius 3 is 2.36 bits per heavy atom. The van der Waals surface area contributed by atoms with Gasteiger partial charge in [0.25, 0.3) is 5.91 Å². The van der Waals surface area contributed by atoms with E-state index in [2.05, 4.69) is 0 Å². The number of halogens is 4. The van der Waals surface area contributed by atoms with E-state index in [1.54, 1.807) is 19.2 Å². The van der Waals surface area contributed by atoms with E-state index < -0.39 is 29.2 Å². The van der Waals surface area contributed by atoms with Crippen LogP contribution in [-0.2, 0) is 11.0 Å². The van der Waals surface area contributed by atoms with Crippen LogP contribution in [0.2, 0.25) is 0 Å². The van der Waals surface area contributed by atoms with Gasteiger partial charge < -0.3 is 14.4 Å². The maximum Gasteiger partial charge on any atom is 0.416 e. The van der Waals surface area contributed by atoms with Crippen LogP contribution in [0.4, 0.5) is 17.6 Å². The lowest BCUT2D eigenvalue weighted by Gasteiger charge is -2.33. The fourth-order valence-electron chi connectivity index (χ4n) is 5.60. The van der Waals surface area contributed by atoms with Crippen molar-refractivity contribution in [1.29, 1.82) is 0 Å². The smallest absolute Gasteiger partial charge is 0.416 e. The molecule has 1 amide bonds. The summed E-state index contributed by atoms with van der Waals surface area (Å²) in [6, 6.07) is 10.7. The molecule has 2 aliphatic rings. The number of benzene rings is 2. The Bertz CT molecular complexity index is 1160. The van der Waals surface area contributed by atoms with E-state index in [0.29, 0.717) is 37.2 Å². The number of nitrogens with zero attached hydrogens (tertiary/aromatic N) is 2. The zero-order chi connectivity index (χ0) is 28.6.